The molecule has 0 fully saturated rings. The number of hydrogen-bond acceptors (Lipinski definition) is 7. The zero-order chi connectivity index (χ0) is 17.1. The molecule has 0 radical (unpaired) electrons. The molecule has 0 aromatic heterocycles. The quantitative estimate of drug-likeness (QED) is 0.340. The van der Waals surface area contributed by atoms with Crippen molar-refractivity contribution in [3.05, 3.63) is 0 Å². The van der Waals surface area contributed by atoms with Crippen LogP contribution in [0, 0.1) is 0 Å². The first kappa shape index (κ1) is 22.0. The van der Waals surface area contributed by atoms with Gasteiger partial charge in [0.15, 0.2) is 9.84 Å². The summed E-state index contributed by atoms with van der Waals surface area (Å²) in [6, 6.07) is 0. The Morgan fingerprint density at radius 3 is 2.36 bits per heavy atom. The number of ether oxygens (including phenoxy) is 3. The summed E-state index contributed by atoms with van der Waals surface area (Å²) in [6.45, 7) is 5.22. The predicted molar refractivity (Wildman–Crippen MR) is 85.9 cm³/mol. The first-order chi connectivity index (χ1) is 10.2. The Kier molecular flexibility index (Phi) is 11.6. The van der Waals surface area contributed by atoms with Gasteiger partial charge in [-0.15, -0.1) is 0 Å². The fourth-order valence-corrected chi connectivity index (χ4v) is 3.23. The molecule has 0 amide bonds. The van der Waals surface area contributed by atoms with E-state index in [1.807, 2.05) is 0 Å². The third-order valence-corrected chi connectivity index (χ3v) is 5.08. The summed E-state index contributed by atoms with van der Waals surface area (Å²) in [6.07, 6.45) is -0.684. The Labute approximate surface area is 138 Å². The van der Waals surface area contributed by atoms with E-state index in [0.717, 1.165) is 0 Å². The van der Waals surface area contributed by atoms with Crippen LogP contribution in [0.5, 0.6) is 0 Å². The summed E-state index contributed by atoms with van der Waals surface area (Å²) < 4.78 is 38.9. The molecule has 0 aromatic rings. The van der Waals surface area contributed by atoms with E-state index in [1.54, 1.807) is 21.0 Å². The molecule has 0 aliphatic heterocycles. The normalized spacial score (nSPS) is 14.2. The first-order valence-electron chi connectivity index (χ1n) is 7.13. The molecule has 7 nitrogen and oxygen atoms in total. The minimum Gasteiger partial charge on any atom is -0.390 e. The van der Waals surface area contributed by atoms with Gasteiger partial charge >= 0.3 is 0 Å². The van der Waals surface area contributed by atoms with Crippen molar-refractivity contribution < 1.29 is 27.7 Å². The SMILES string of the molecule is COCCOCCOCC(O)CS(=O)(=O)CCC(C)(C)NCl. The maximum absolute atomic E-state index is 11.9. The molecule has 22 heavy (non-hydrogen) atoms. The molecule has 2 N–H and O–H groups in total. The number of methoxy groups -OCH3 is 1. The van der Waals surface area contributed by atoms with Gasteiger partial charge in [-0.25, -0.2) is 13.3 Å². The van der Waals surface area contributed by atoms with E-state index in [9.17, 15) is 13.5 Å². The molecule has 0 aromatic carbocycles. The van der Waals surface area contributed by atoms with E-state index < -0.39 is 21.5 Å². The molecule has 1 atom stereocenters. The van der Waals surface area contributed by atoms with Crippen LogP contribution in [0.3, 0.4) is 0 Å². The highest BCUT2D eigenvalue weighted by molar-refractivity contribution is 7.91. The smallest absolute Gasteiger partial charge is 0.153 e. The van der Waals surface area contributed by atoms with Gasteiger partial charge in [0, 0.05) is 12.6 Å². The van der Waals surface area contributed by atoms with Crippen molar-refractivity contribution in [2.45, 2.75) is 31.9 Å². The van der Waals surface area contributed by atoms with Gasteiger partial charge in [0.05, 0.1) is 50.6 Å². The summed E-state index contributed by atoms with van der Waals surface area (Å²) in [5, 5.41) is 9.71. The fourth-order valence-electron chi connectivity index (χ4n) is 1.46. The van der Waals surface area contributed by atoms with Crippen molar-refractivity contribution in [2.75, 3.05) is 51.6 Å². The van der Waals surface area contributed by atoms with Crippen LogP contribution < -0.4 is 4.84 Å². The van der Waals surface area contributed by atoms with Crippen LogP contribution in [0.25, 0.3) is 0 Å². The number of sulfone groups is 1. The number of aliphatic hydroxyl groups is 1. The largest absolute Gasteiger partial charge is 0.390 e. The van der Waals surface area contributed by atoms with Crippen molar-refractivity contribution in [1.82, 2.24) is 4.84 Å². The summed E-state index contributed by atoms with van der Waals surface area (Å²) in [7, 11) is -1.77. The Balaban J connectivity index is 3.83. The zero-order valence-electron chi connectivity index (χ0n) is 13.5. The van der Waals surface area contributed by atoms with Crippen molar-refractivity contribution in [3.8, 4) is 0 Å². The molecule has 0 rings (SSSR count). The lowest BCUT2D eigenvalue weighted by atomic mass is 10.0. The maximum Gasteiger partial charge on any atom is 0.153 e. The van der Waals surface area contributed by atoms with Crippen LogP contribution in [-0.2, 0) is 24.0 Å². The number of hydrogen-bond donors (Lipinski definition) is 2. The van der Waals surface area contributed by atoms with Gasteiger partial charge in [-0.2, -0.15) is 0 Å². The number of aliphatic hydroxyl groups excluding tert-OH is 1. The zero-order valence-corrected chi connectivity index (χ0v) is 15.1. The monoisotopic (exact) mass is 361 g/mol. The Morgan fingerprint density at radius 1 is 1.18 bits per heavy atom. The molecule has 0 saturated carbocycles. The highest BCUT2D eigenvalue weighted by Gasteiger charge is 2.23. The van der Waals surface area contributed by atoms with Crippen LogP contribution >= 0.6 is 11.8 Å². The standard InChI is InChI=1S/C13H28ClNO6S/c1-13(2,15-14)4-9-22(17,18)11-12(16)10-21-8-7-20-6-5-19-3/h12,15-16H,4-11H2,1-3H3. The molecule has 0 heterocycles. The molecule has 134 valence electrons. The third kappa shape index (κ3) is 12.6. The molecule has 1 unspecified atom stereocenters. The second-order valence-corrected chi connectivity index (χ2v) is 8.09. The second kappa shape index (κ2) is 11.6. The van der Waals surface area contributed by atoms with E-state index in [4.69, 9.17) is 26.0 Å². The van der Waals surface area contributed by atoms with Crippen LogP contribution in [0.1, 0.15) is 20.3 Å². The number of rotatable bonds is 14. The lowest BCUT2D eigenvalue weighted by Gasteiger charge is -2.22. The highest BCUT2D eigenvalue weighted by atomic mass is 35.5. The summed E-state index contributed by atoms with van der Waals surface area (Å²) in [4.78, 5) is 2.53. The Bertz CT molecular complexity index is 377. The second-order valence-electron chi connectivity index (χ2n) is 5.68. The Hall–Kier alpha value is 0.0400. The topological polar surface area (TPSA) is 94.1 Å². The number of halogens is 1. The summed E-state index contributed by atoms with van der Waals surface area (Å²) in [5.74, 6) is -0.368. The van der Waals surface area contributed by atoms with E-state index in [2.05, 4.69) is 4.84 Å². The van der Waals surface area contributed by atoms with Crippen LogP contribution in [0.2, 0.25) is 0 Å². The molecule has 0 spiro atoms. The third-order valence-electron chi connectivity index (χ3n) is 2.85. The van der Waals surface area contributed by atoms with Gasteiger partial charge in [0.1, 0.15) is 0 Å². The van der Waals surface area contributed by atoms with Crippen LogP contribution in [0.4, 0.5) is 0 Å². The highest BCUT2D eigenvalue weighted by Crippen LogP contribution is 2.11. The molecule has 9 heteroatoms. The van der Waals surface area contributed by atoms with Gasteiger partial charge < -0.3 is 19.3 Å². The van der Waals surface area contributed by atoms with Crippen molar-refractivity contribution in [2.24, 2.45) is 0 Å². The molecule has 0 saturated heterocycles. The lowest BCUT2D eigenvalue weighted by molar-refractivity contribution is -0.000178. The average Bonchev–Trinajstić information content (AvgIpc) is 2.44. The van der Waals surface area contributed by atoms with Gasteiger partial charge in [0.25, 0.3) is 0 Å². The van der Waals surface area contributed by atoms with E-state index in [1.165, 1.54) is 0 Å². The molecule has 0 aliphatic rings. The van der Waals surface area contributed by atoms with Crippen molar-refractivity contribution in [3.63, 3.8) is 0 Å². The Morgan fingerprint density at radius 2 is 1.77 bits per heavy atom. The molecular formula is C13H28ClNO6S. The minimum absolute atomic E-state index is 0.0377. The molecular weight excluding hydrogens is 334 g/mol. The fraction of sp³-hybridized carbons (Fsp3) is 1.00. The minimum atomic E-state index is -3.36. The average molecular weight is 362 g/mol. The van der Waals surface area contributed by atoms with Crippen LogP contribution in [0.15, 0.2) is 0 Å². The van der Waals surface area contributed by atoms with Gasteiger partial charge in [-0.3, -0.25) is 0 Å². The molecule has 0 bridgehead atoms. The van der Waals surface area contributed by atoms with E-state index in [-0.39, 0.29) is 18.1 Å². The summed E-state index contributed by atoms with van der Waals surface area (Å²) >= 11 is 5.52. The van der Waals surface area contributed by atoms with Gasteiger partial charge in [-0.05, 0) is 32.0 Å². The first-order valence-corrected chi connectivity index (χ1v) is 9.33. The van der Waals surface area contributed by atoms with Crippen LogP contribution in [-0.4, -0.2) is 76.8 Å². The van der Waals surface area contributed by atoms with Gasteiger partial charge in [-0.1, -0.05) is 0 Å². The summed E-state index contributed by atoms with van der Waals surface area (Å²) in [5.41, 5.74) is -0.477. The van der Waals surface area contributed by atoms with E-state index in [0.29, 0.717) is 32.8 Å². The van der Waals surface area contributed by atoms with Crippen molar-refractivity contribution >= 4 is 21.6 Å². The van der Waals surface area contributed by atoms with Crippen molar-refractivity contribution in [1.29, 1.82) is 0 Å². The van der Waals surface area contributed by atoms with E-state index >= 15 is 0 Å². The maximum atomic E-state index is 11.9. The lowest BCUT2D eigenvalue weighted by Crippen LogP contribution is -2.36. The molecule has 0 aliphatic carbocycles. The number of nitrogens with one attached hydrogen (secondary N) is 1. The van der Waals surface area contributed by atoms with Gasteiger partial charge in [0.2, 0.25) is 0 Å². The predicted octanol–water partition coefficient (Wildman–Crippen LogP) is 0.354.